The molecule has 0 amide bonds. The third-order valence-corrected chi connectivity index (χ3v) is 12.0. The van der Waals surface area contributed by atoms with E-state index in [-0.39, 0.29) is 5.41 Å². The van der Waals surface area contributed by atoms with E-state index in [1.54, 1.807) is 0 Å². The molecule has 0 bridgehead atoms. The molecule has 0 saturated carbocycles. The summed E-state index contributed by atoms with van der Waals surface area (Å²) in [5.41, 5.74) is 22.9. The molecule has 0 fully saturated rings. The molecule has 0 saturated heterocycles. The number of nitrogens with zero attached hydrogens (tertiary/aromatic N) is 2. The summed E-state index contributed by atoms with van der Waals surface area (Å²) in [6.45, 7) is 4.67. The van der Waals surface area contributed by atoms with Crippen LogP contribution in [0.25, 0.3) is 44.5 Å². The van der Waals surface area contributed by atoms with Gasteiger partial charge in [0.25, 0.3) is 0 Å². The Morgan fingerprint density at radius 2 is 0.738 bits per heavy atom. The van der Waals surface area contributed by atoms with Gasteiger partial charge in [-0.3, -0.25) is 5.43 Å². The van der Waals surface area contributed by atoms with E-state index >= 15 is 0 Å². The van der Waals surface area contributed by atoms with Gasteiger partial charge in [-0.2, -0.15) is 5.10 Å². The van der Waals surface area contributed by atoms with Crippen LogP contribution in [0.3, 0.4) is 0 Å². The highest BCUT2D eigenvalue weighted by Crippen LogP contribution is 2.50. The van der Waals surface area contributed by atoms with Crippen LogP contribution >= 0.6 is 0 Å². The standard InChI is InChI=1S/C58H45N3/c1-58(2)55-39-48(29-37-53(55)54-38-30-49(40-56(54)58)59-60-57(46-19-11-5-12-20-46)47-21-13-6-14-22-47)45-27-35-52(36-28-45)61(50-31-23-43(24-32-50)41-15-7-3-8-16-41)51-33-25-44(26-34-51)42-17-9-4-10-18-42/h3-40,59H,1-2H3. The predicted octanol–water partition coefficient (Wildman–Crippen LogP) is 15.3. The van der Waals surface area contributed by atoms with Crippen molar-refractivity contribution in [1.82, 2.24) is 0 Å². The largest absolute Gasteiger partial charge is 0.311 e. The average Bonchev–Trinajstić information content (AvgIpc) is 3.55. The van der Waals surface area contributed by atoms with Crippen molar-refractivity contribution in [2.45, 2.75) is 19.3 Å². The number of hydrazone groups is 1. The number of rotatable bonds is 10. The van der Waals surface area contributed by atoms with Gasteiger partial charge in [0.1, 0.15) is 0 Å². The third-order valence-electron chi connectivity index (χ3n) is 12.0. The Bertz CT molecular complexity index is 2830. The maximum absolute atomic E-state index is 4.96. The predicted molar refractivity (Wildman–Crippen MR) is 257 cm³/mol. The van der Waals surface area contributed by atoms with Crippen molar-refractivity contribution in [2.24, 2.45) is 5.10 Å². The fourth-order valence-electron chi connectivity index (χ4n) is 8.71. The third kappa shape index (κ3) is 7.43. The lowest BCUT2D eigenvalue weighted by Crippen LogP contribution is -2.15. The Hall–Kier alpha value is -7.75. The van der Waals surface area contributed by atoms with Crippen molar-refractivity contribution in [1.29, 1.82) is 0 Å². The topological polar surface area (TPSA) is 27.6 Å². The Balaban J connectivity index is 0.942. The minimum Gasteiger partial charge on any atom is -0.311 e. The van der Waals surface area contributed by atoms with E-state index < -0.39 is 0 Å². The van der Waals surface area contributed by atoms with Crippen LogP contribution < -0.4 is 10.3 Å². The van der Waals surface area contributed by atoms with Crippen LogP contribution in [0.5, 0.6) is 0 Å². The number of benzene rings is 9. The van der Waals surface area contributed by atoms with E-state index in [0.717, 1.165) is 39.6 Å². The molecule has 9 aromatic carbocycles. The molecule has 0 heterocycles. The Morgan fingerprint density at radius 3 is 1.20 bits per heavy atom. The summed E-state index contributed by atoms with van der Waals surface area (Å²) in [7, 11) is 0. The normalized spacial score (nSPS) is 12.2. The molecule has 3 heteroatoms. The molecule has 0 radical (unpaired) electrons. The zero-order valence-electron chi connectivity index (χ0n) is 34.3. The number of fused-ring (bicyclic) bond motifs is 3. The van der Waals surface area contributed by atoms with E-state index in [2.05, 4.69) is 243 Å². The van der Waals surface area contributed by atoms with Gasteiger partial charge in [-0.25, -0.2) is 0 Å². The van der Waals surface area contributed by atoms with Gasteiger partial charge < -0.3 is 4.90 Å². The summed E-state index contributed by atoms with van der Waals surface area (Å²) in [6.07, 6.45) is 0. The molecular formula is C58H45N3. The monoisotopic (exact) mass is 783 g/mol. The highest BCUT2D eigenvalue weighted by Gasteiger charge is 2.36. The first-order valence-electron chi connectivity index (χ1n) is 21.0. The molecule has 1 aliphatic carbocycles. The van der Waals surface area contributed by atoms with Gasteiger partial charge in [0.15, 0.2) is 0 Å². The Kier molecular flexibility index (Phi) is 9.92. The fourth-order valence-corrected chi connectivity index (χ4v) is 8.71. The fraction of sp³-hybridized carbons (Fsp3) is 0.0517. The van der Waals surface area contributed by atoms with Crippen molar-refractivity contribution in [3.05, 3.63) is 253 Å². The molecule has 1 N–H and O–H groups in total. The summed E-state index contributed by atoms with van der Waals surface area (Å²) >= 11 is 0. The second-order valence-corrected chi connectivity index (χ2v) is 16.2. The van der Waals surface area contributed by atoms with Crippen molar-refractivity contribution in [3.8, 4) is 44.5 Å². The van der Waals surface area contributed by atoms with E-state index in [1.807, 2.05) is 12.1 Å². The van der Waals surface area contributed by atoms with Crippen LogP contribution in [-0.4, -0.2) is 5.71 Å². The molecule has 0 aliphatic heterocycles. The van der Waals surface area contributed by atoms with E-state index in [9.17, 15) is 0 Å². The van der Waals surface area contributed by atoms with Crippen LogP contribution in [0.4, 0.5) is 22.7 Å². The van der Waals surface area contributed by atoms with Gasteiger partial charge in [-0.1, -0.05) is 190 Å². The van der Waals surface area contributed by atoms with Gasteiger partial charge in [0.2, 0.25) is 0 Å². The number of nitrogens with one attached hydrogen (secondary N) is 1. The van der Waals surface area contributed by atoms with Gasteiger partial charge in [-0.05, 0) is 110 Å². The average molecular weight is 784 g/mol. The first kappa shape index (κ1) is 37.5. The second-order valence-electron chi connectivity index (χ2n) is 16.2. The summed E-state index contributed by atoms with van der Waals surface area (Å²) in [4.78, 5) is 2.34. The number of hydrogen-bond acceptors (Lipinski definition) is 3. The molecule has 0 aromatic heterocycles. The van der Waals surface area contributed by atoms with Crippen LogP contribution in [0.1, 0.15) is 36.1 Å². The van der Waals surface area contributed by atoms with Gasteiger partial charge in [0.05, 0.1) is 11.4 Å². The molecule has 3 nitrogen and oxygen atoms in total. The van der Waals surface area contributed by atoms with E-state index in [4.69, 9.17) is 5.10 Å². The lowest BCUT2D eigenvalue weighted by Gasteiger charge is -2.26. The van der Waals surface area contributed by atoms with Crippen LogP contribution in [-0.2, 0) is 5.41 Å². The lowest BCUT2D eigenvalue weighted by atomic mass is 9.81. The van der Waals surface area contributed by atoms with E-state index in [0.29, 0.717) is 0 Å². The lowest BCUT2D eigenvalue weighted by molar-refractivity contribution is 0.661. The molecule has 9 aromatic rings. The first-order valence-corrected chi connectivity index (χ1v) is 21.0. The molecular weight excluding hydrogens is 739 g/mol. The minimum atomic E-state index is -0.196. The molecule has 61 heavy (non-hydrogen) atoms. The highest BCUT2D eigenvalue weighted by molar-refractivity contribution is 6.13. The molecule has 10 rings (SSSR count). The SMILES string of the molecule is CC1(C)c2cc(NN=C(c3ccccc3)c3ccccc3)ccc2-c2ccc(-c3ccc(N(c4ccc(-c5ccccc5)cc4)c4ccc(-c5ccccc5)cc4)cc3)cc21. The highest BCUT2D eigenvalue weighted by atomic mass is 15.3. The van der Waals surface area contributed by atoms with Crippen molar-refractivity contribution >= 4 is 28.5 Å². The Labute approximate surface area is 359 Å². The van der Waals surface area contributed by atoms with Crippen LogP contribution in [0.2, 0.25) is 0 Å². The summed E-state index contributed by atoms with van der Waals surface area (Å²) in [5.74, 6) is 0. The maximum atomic E-state index is 4.96. The summed E-state index contributed by atoms with van der Waals surface area (Å²) < 4.78 is 0. The minimum absolute atomic E-state index is 0.196. The Morgan fingerprint density at radius 1 is 0.377 bits per heavy atom. The molecule has 1 aliphatic rings. The molecule has 0 unspecified atom stereocenters. The first-order chi connectivity index (χ1) is 30.0. The van der Waals surface area contributed by atoms with Gasteiger partial charge in [0, 0.05) is 33.6 Å². The summed E-state index contributed by atoms with van der Waals surface area (Å²) in [5, 5.41) is 4.96. The summed E-state index contributed by atoms with van der Waals surface area (Å²) in [6, 6.07) is 82.2. The van der Waals surface area contributed by atoms with Crippen LogP contribution in [0, 0.1) is 0 Å². The van der Waals surface area contributed by atoms with Crippen molar-refractivity contribution in [3.63, 3.8) is 0 Å². The van der Waals surface area contributed by atoms with Crippen molar-refractivity contribution in [2.75, 3.05) is 10.3 Å². The number of hydrogen-bond donors (Lipinski definition) is 1. The zero-order chi connectivity index (χ0) is 41.2. The number of anilines is 4. The van der Waals surface area contributed by atoms with Gasteiger partial charge in [-0.15, -0.1) is 0 Å². The van der Waals surface area contributed by atoms with E-state index in [1.165, 1.54) is 55.6 Å². The molecule has 292 valence electrons. The quantitative estimate of drug-likeness (QED) is 0.110. The zero-order valence-corrected chi connectivity index (χ0v) is 34.3. The molecule has 0 spiro atoms. The maximum Gasteiger partial charge on any atom is 0.0977 e. The van der Waals surface area contributed by atoms with Gasteiger partial charge >= 0.3 is 0 Å². The van der Waals surface area contributed by atoms with Crippen LogP contribution in [0.15, 0.2) is 236 Å². The molecule has 0 atom stereocenters. The van der Waals surface area contributed by atoms with Crippen molar-refractivity contribution < 1.29 is 0 Å². The second kappa shape index (κ2) is 16.1. The smallest absolute Gasteiger partial charge is 0.0977 e.